The zero-order chi connectivity index (χ0) is 17.1. The minimum atomic E-state index is 0. The summed E-state index contributed by atoms with van der Waals surface area (Å²) in [5.41, 5.74) is 9.19. The van der Waals surface area contributed by atoms with E-state index >= 15 is 0 Å². The number of pyridine rings is 1. The van der Waals surface area contributed by atoms with Gasteiger partial charge < -0.3 is 15.0 Å². The molecule has 0 spiro atoms. The molecule has 2 atom stereocenters. The second-order valence-electron chi connectivity index (χ2n) is 6.80. The van der Waals surface area contributed by atoms with Gasteiger partial charge in [-0.1, -0.05) is 6.07 Å². The second-order valence-corrected chi connectivity index (χ2v) is 7.78. The molecule has 26 heavy (non-hydrogen) atoms. The molecule has 2 aromatic rings. The van der Waals surface area contributed by atoms with Gasteiger partial charge in [-0.15, -0.1) is 36.6 Å². The summed E-state index contributed by atoms with van der Waals surface area (Å²) in [7, 11) is 0. The van der Waals surface area contributed by atoms with Crippen molar-refractivity contribution in [2.75, 3.05) is 18.8 Å². The number of likely N-dealkylation sites (tertiary alicyclic amines) is 1. The number of amides is 1. The SMILES string of the molecule is Cc1ccc2nc(CSCC(=O)N3CCCC(C(C)N)C3)cn2c1.Cl.Cl. The first-order valence-electron chi connectivity index (χ1n) is 8.58. The van der Waals surface area contributed by atoms with Crippen molar-refractivity contribution >= 4 is 48.1 Å². The number of rotatable bonds is 5. The monoisotopic (exact) mass is 418 g/mol. The molecule has 1 aliphatic rings. The first-order valence-corrected chi connectivity index (χ1v) is 9.74. The third-order valence-electron chi connectivity index (χ3n) is 4.68. The highest BCUT2D eigenvalue weighted by atomic mass is 35.5. The maximum Gasteiger partial charge on any atom is 0.232 e. The molecule has 3 heterocycles. The number of nitrogens with two attached hydrogens (primary N) is 1. The van der Waals surface area contributed by atoms with E-state index in [0.29, 0.717) is 11.7 Å². The summed E-state index contributed by atoms with van der Waals surface area (Å²) in [6.45, 7) is 5.79. The molecule has 0 bridgehead atoms. The first-order chi connectivity index (χ1) is 11.5. The van der Waals surface area contributed by atoms with Crippen molar-refractivity contribution in [3.63, 3.8) is 0 Å². The maximum atomic E-state index is 12.4. The molecule has 2 unspecified atom stereocenters. The van der Waals surface area contributed by atoms with Crippen LogP contribution < -0.4 is 5.73 Å². The van der Waals surface area contributed by atoms with Crippen molar-refractivity contribution < 1.29 is 4.79 Å². The molecule has 0 aliphatic carbocycles. The van der Waals surface area contributed by atoms with E-state index in [1.165, 1.54) is 5.56 Å². The summed E-state index contributed by atoms with van der Waals surface area (Å²) in [6, 6.07) is 4.25. The number of aryl methyl sites for hydroxylation is 1. The summed E-state index contributed by atoms with van der Waals surface area (Å²) < 4.78 is 2.05. The van der Waals surface area contributed by atoms with Crippen LogP contribution in [0.5, 0.6) is 0 Å². The lowest BCUT2D eigenvalue weighted by atomic mass is 9.92. The second kappa shape index (κ2) is 10.4. The van der Waals surface area contributed by atoms with Gasteiger partial charge in [0.05, 0.1) is 11.4 Å². The van der Waals surface area contributed by atoms with Gasteiger partial charge in [0.25, 0.3) is 0 Å². The van der Waals surface area contributed by atoms with Gasteiger partial charge in [0.1, 0.15) is 5.65 Å². The lowest BCUT2D eigenvalue weighted by Gasteiger charge is -2.34. The fourth-order valence-corrected chi connectivity index (χ4v) is 4.03. The molecule has 146 valence electrons. The zero-order valence-corrected chi connectivity index (χ0v) is 17.7. The first kappa shape index (κ1) is 23.1. The number of carbonyl (C=O) groups is 1. The number of halogens is 2. The third kappa shape index (κ3) is 5.78. The Morgan fingerprint density at radius 3 is 2.88 bits per heavy atom. The number of fused-ring (bicyclic) bond motifs is 1. The van der Waals surface area contributed by atoms with Gasteiger partial charge in [-0.25, -0.2) is 4.98 Å². The number of carbonyl (C=O) groups excluding carboxylic acids is 1. The number of imidazole rings is 1. The number of aromatic nitrogens is 2. The van der Waals surface area contributed by atoms with Crippen LogP contribution in [0.2, 0.25) is 0 Å². The van der Waals surface area contributed by atoms with Gasteiger partial charge >= 0.3 is 0 Å². The van der Waals surface area contributed by atoms with Gasteiger partial charge in [0.15, 0.2) is 0 Å². The molecule has 2 N–H and O–H groups in total. The van der Waals surface area contributed by atoms with E-state index < -0.39 is 0 Å². The van der Waals surface area contributed by atoms with Crippen molar-refractivity contribution in [1.82, 2.24) is 14.3 Å². The fraction of sp³-hybridized carbons (Fsp3) is 0.556. The van der Waals surface area contributed by atoms with Gasteiger partial charge in [0.2, 0.25) is 5.91 Å². The van der Waals surface area contributed by atoms with Gasteiger partial charge in [0, 0.05) is 37.3 Å². The molecule has 0 radical (unpaired) electrons. The van der Waals surface area contributed by atoms with Gasteiger partial charge in [-0.3, -0.25) is 4.79 Å². The number of hydrogen-bond donors (Lipinski definition) is 1. The largest absolute Gasteiger partial charge is 0.342 e. The molecule has 5 nitrogen and oxygen atoms in total. The van der Waals surface area contributed by atoms with Crippen LogP contribution in [0.3, 0.4) is 0 Å². The summed E-state index contributed by atoms with van der Waals surface area (Å²) in [4.78, 5) is 19.0. The molecule has 1 aliphatic heterocycles. The summed E-state index contributed by atoms with van der Waals surface area (Å²) in [5.74, 6) is 1.94. The number of piperidine rings is 1. The molecule has 0 aromatic carbocycles. The van der Waals surface area contributed by atoms with Crippen molar-refractivity contribution in [3.8, 4) is 0 Å². The fourth-order valence-electron chi connectivity index (χ4n) is 3.22. The maximum absolute atomic E-state index is 12.4. The lowest BCUT2D eigenvalue weighted by molar-refractivity contribution is -0.130. The van der Waals surface area contributed by atoms with Crippen LogP contribution in [0.4, 0.5) is 0 Å². The zero-order valence-electron chi connectivity index (χ0n) is 15.3. The van der Waals surface area contributed by atoms with E-state index in [-0.39, 0.29) is 36.8 Å². The summed E-state index contributed by atoms with van der Waals surface area (Å²) >= 11 is 1.64. The van der Waals surface area contributed by atoms with Crippen LogP contribution in [0.1, 0.15) is 31.0 Å². The van der Waals surface area contributed by atoms with Gasteiger partial charge in [-0.05, 0) is 44.2 Å². The Morgan fingerprint density at radius 2 is 2.15 bits per heavy atom. The highest BCUT2D eigenvalue weighted by molar-refractivity contribution is 7.99. The summed E-state index contributed by atoms with van der Waals surface area (Å²) in [5, 5.41) is 0. The quantitative estimate of drug-likeness (QED) is 0.808. The van der Waals surface area contributed by atoms with Crippen LogP contribution in [0.15, 0.2) is 24.5 Å². The number of nitrogens with zero attached hydrogens (tertiary/aromatic N) is 3. The topological polar surface area (TPSA) is 63.6 Å². The predicted octanol–water partition coefficient (Wildman–Crippen LogP) is 3.31. The number of hydrogen-bond acceptors (Lipinski definition) is 4. The predicted molar refractivity (Wildman–Crippen MR) is 114 cm³/mol. The molecule has 2 aromatic heterocycles. The standard InChI is InChI=1S/C18H26N4OS.2ClH/c1-13-5-6-17-20-16(10-22(17)8-13)11-24-12-18(23)21-7-3-4-15(9-21)14(2)19;;/h5-6,8,10,14-15H,3-4,7,9,11-12,19H2,1-2H3;2*1H. The molecule has 3 rings (SSSR count). The Hall–Kier alpha value is -0.950. The van der Waals surface area contributed by atoms with E-state index in [0.717, 1.165) is 43.0 Å². The van der Waals surface area contributed by atoms with E-state index in [9.17, 15) is 4.79 Å². The van der Waals surface area contributed by atoms with Crippen molar-refractivity contribution in [2.45, 2.75) is 38.5 Å². The Morgan fingerprint density at radius 1 is 1.38 bits per heavy atom. The van der Waals surface area contributed by atoms with Crippen LogP contribution in [-0.2, 0) is 10.5 Å². The summed E-state index contributed by atoms with van der Waals surface area (Å²) in [6.07, 6.45) is 6.32. The van der Waals surface area contributed by atoms with Crippen molar-refractivity contribution in [2.24, 2.45) is 11.7 Å². The van der Waals surface area contributed by atoms with Crippen LogP contribution >= 0.6 is 36.6 Å². The van der Waals surface area contributed by atoms with Crippen LogP contribution in [0.25, 0.3) is 5.65 Å². The normalized spacial score (nSPS) is 18.1. The van der Waals surface area contributed by atoms with Crippen LogP contribution in [0, 0.1) is 12.8 Å². The van der Waals surface area contributed by atoms with Gasteiger partial charge in [-0.2, -0.15) is 0 Å². The molecular weight excluding hydrogens is 391 g/mol. The van der Waals surface area contributed by atoms with E-state index in [1.807, 2.05) is 28.5 Å². The lowest BCUT2D eigenvalue weighted by Crippen LogP contribution is -2.45. The molecule has 1 saturated heterocycles. The Labute approximate surface area is 171 Å². The minimum absolute atomic E-state index is 0. The Balaban J connectivity index is 0.00000169. The Kier molecular flexibility index (Phi) is 9.24. The van der Waals surface area contributed by atoms with E-state index in [1.54, 1.807) is 11.8 Å². The smallest absolute Gasteiger partial charge is 0.232 e. The number of thioether (sulfide) groups is 1. The highest BCUT2D eigenvalue weighted by Gasteiger charge is 2.25. The molecule has 8 heteroatoms. The van der Waals surface area contributed by atoms with Crippen molar-refractivity contribution in [3.05, 3.63) is 35.8 Å². The van der Waals surface area contributed by atoms with E-state index in [4.69, 9.17) is 5.73 Å². The molecular formula is C18H28Cl2N4OS. The van der Waals surface area contributed by atoms with E-state index in [2.05, 4.69) is 24.2 Å². The molecule has 0 saturated carbocycles. The Bertz CT molecular complexity index is 722. The molecule has 1 fully saturated rings. The van der Waals surface area contributed by atoms with Crippen LogP contribution in [-0.4, -0.2) is 45.1 Å². The average molecular weight is 419 g/mol. The third-order valence-corrected chi connectivity index (χ3v) is 5.63. The molecule has 1 amide bonds. The minimum Gasteiger partial charge on any atom is -0.342 e. The van der Waals surface area contributed by atoms with Crippen molar-refractivity contribution in [1.29, 1.82) is 0 Å². The highest BCUT2D eigenvalue weighted by Crippen LogP contribution is 2.20. The average Bonchev–Trinajstić information content (AvgIpc) is 2.96.